The number of ether oxygens (including phenoxy) is 2. The van der Waals surface area contributed by atoms with Crippen molar-refractivity contribution in [3.8, 4) is 18.4 Å². The topological polar surface area (TPSA) is 69.9 Å². The third-order valence-electron chi connectivity index (χ3n) is 9.41. The Morgan fingerprint density at radius 2 is 1.80 bits per heavy atom. The van der Waals surface area contributed by atoms with E-state index in [1.165, 1.54) is 16.7 Å². The van der Waals surface area contributed by atoms with Crippen LogP contribution in [0.15, 0.2) is 131 Å². The highest BCUT2D eigenvalue weighted by atomic mass is 16.5. The van der Waals surface area contributed by atoms with Gasteiger partial charge in [-0.25, -0.2) is 4.99 Å². The summed E-state index contributed by atoms with van der Waals surface area (Å²) in [5.74, 6) is 5.05. The van der Waals surface area contributed by atoms with Gasteiger partial charge in [0.25, 0.3) is 0 Å². The van der Waals surface area contributed by atoms with Crippen LogP contribution >= 0.6 is 0 Å². The third-order valence-corrected chi connectivity index (χ3v) is 9.41. The lowest BCUT2D eigenvalue weighted by molar-refractivity contribution is -0.0213. The van der Waals surface area contributed by atoms with Crippen LogP contribution in [0.25, 0.3) is 5.57 Å². The Morgan fingerprint density at radius 1 is 1.11 bits per heavy atom. The first-order chi connectivity index (χ1) is 26.8. The van der Waals surface area contributed by atoms with E-state index in [0.29, 0.717) is 23.3 Å². The minimum atomic E-state index is -0.244. The van der Waals surface area contributed by atoms with Gasteiger partial charge in [-0.15, -0.1) is 6.42 Å². The molecule has 2 aliphatic rings. The molecular formula is C50H63N4O2. The Hall–Kier alpha value is -5.46. The van der Waals surface area contributed by atoms with Gasteiger partial charge in [-0.1, -0.05) is 95.0 Å². The van der Waals surface area contributed by atoms with Gasteiger partial charge < -0.3 is 19.7 Å². The van der Waals surface area contributed by atoms with Gasteiger partial charge in [-0.2, -0.15) is 5.26 Å². The summed E-state index contributed by atoms with van der Waals surface area (Å²) in [5.41, 5.74) is 7.75. The Labute approximate surface area is 338 Å². The summed E-state index contributed by atoms with van der Waals surface area (Å²) < 4.78 is 12.9. The molecule has 1 fully saturated rings. The quantitative estimate of drug-likeness (QED) is 0.0608. The molecule has 1 heterocycles. The molecule has 2 unspecified atom stereocenters. The molecule has 0 bridgehead atoms. The highest BCUT2D eigenvalue weighted by Gasteiger charge is 2.27. The van der Waals surface area contributed by atoms with Crippen LogP contribution in [-0.4, -0.2) is 42.5 Å². The smallest absolute Gasteiger partial charge is 0.190 e. The van der Waals surface area contributed by atoms with Gasteiger partial charge in [0, 0.05) is 68.9 Å². The monoisotopic (exact) mass is 751 g/mol. The molecule has 1 N–H and O–H groups in total. The third kappa shape index (κ3) is 14.3. The van der Waals surface area contributed by atoms with E-state index < -0.39 is 0 Å². The van der Waals surface area contributed by atoms with E-state index in [9.17, 15) is 5.26 Å². The molecule has 0 spiro atoms. The second-order valence-electron chi connectivity index (χ2n) is 14.9. The van der Waals surface area contributed by atoms with Crippen LogP contribution in [0.5, 0.6) is 0 Å². The van der Waals surface area contributed by atoms with Crippen LogP contribution in [0.4, 0.5) is 0 Å². The minimum Gasteiger partial charge on any atom is -0.494 e. The first-order valence-electron chi connectivity index (χ1n) is 19.9. The second kappa shape index (κ2) is 22.2. The predicted molar refractivity (Wildman–Crippen MR) is 236 cm³/mol. The van der Waals surface area contributed by atoms with Gasteiger partial charge in [0.1, 0.15) is 17.4 Å². The van der Waals surface area contributed by atoms with Gasteiger partial charge in [0.05, 0.1) is 17.4 Å². The highest BCUT2D eigenvalue weighted by molar-refractivity contribution is 6.15. The van der Waals surface area contributed by atoms with Crippen molar-refractivity contribution in [1.29, 1.82) is 5.26 Å². The zero-order valence-corrected chi connectivity index (χ0v) is 35.4. The number of hydrogen-bond donors (Lipinski definition) is 1. The molecule has 56 heavy (non-hydrogen) atoms. The number of nitrogens with one attached hydrogen (secondary N) is 1. The first kappa shape index (κ1) is 44.9. The van der Waals surface area contributed by atoms with E-state index in [0.717, 1.165) is 54.4 Å². The van der Waals surface area contributed by atoms with Crippen LogP contribution < -0.4 is 5.32 Å². The van der Waals surface area contributed by atoms with Gasteiger partial charge >= 0.3 is 0 Å². The van der Waals surface area contributed by atoms with E-state index >= 15 is 0 Å². The molecule has 2 aromatic rings. The van der Waals surface area contributed by atoms with Crippen LogP contribution in [0, 0.1) is 36.0 Å². The molecule has 295 valence electrons. The maximum atomic E-state index is 9.24. The maximum Gasteiger partial charge on any atom is 0.190 e. The van der Waals surface area contributed by atoms with Crippen molar-refractivity contribution < 1.29 is 9.47 Å². The van der Waals surface area contributed by atoms with E-state index in [1.807, 2.05) is 46.0 Å². The van der Waals surface area contributed by atoms with E-state index in [1.54, 1.807) is 12.3 Å². The molecule has 2 aromatic carbocycles. The fraction of sp³-hybridized carbons (Fsp3) is 0.380. The Bertz CT molecular complexity index is 1940. The molecule has 1 radical (unpaired) electrons. The molecule has 0 saturated carbocycles. The van der Waals surface area contributed by atoms with E-state index in [4.69, 9.17) is 15.9 Å². The zero-order valence-electron chi connectivity index (χ0n) is 35.4. The van der Waals surface area contributed by atoms with Crippen LogP contribution in [0.3, 0.4) is 0 Å². The fourth-order valence-electron chi connectivity index (χ4n) is 6.15. The van der Waals surface area contributed by atoms with Crippen molar-refractivity contribution >= 4 is 11.3 Å². The molecule has 1 aliphatic heterocycles. The molecule has 6 heteroatoms. The number of allylic oxidation sites excluding steroid dienone is 9. The Kier molecular flexibility index (Phi) is 17.8. The van der Waals surface area contributed by atoms with E-state index in [2.05, 4.69) is 142 Å². The van der Waals surface area contributed by atoms with Crippen molar-refractivity contribution in [3.63, 3.8) is 0 Å². The largest absolute Gasteiger partial charge is 0.494 e. The van der Waals surface area contributed by atoms with Crippen molar-refractivity contribution in [2.24, 2.45) is 10.9 Å². The molecule has 4 rings (SSSR count). The maximum absolute atomic E-state index is 9.24. The average molecular weight is 752 g/mol. The van der Waals surface area contributed by atoms with E-state index in [-0.39, 0.29) is 23.5 Å². The first-order valence-corrected chi connectivity index (χ1v) is 19.9. The van der Waals surface area contributed by atoms with Crippen LogP contribution in [0.2, 0.25) is 0 Å². The normalized spacial score (nSPS) is 16.8. The lowest BCUT2D eigenvalue weighted by atomic mass is 9.95. The summed E-state index contributed by atoms with van der Waals surface area (Å²) in [4.78, 5) is 6.92. The molecule has 0 aromatic heterocycles. The standard InChI is InChI=1S/C48H57N4O2.C2H6/c1-11-44(51-33-36(5)42-18-14-16-40(30-42)32-49)37(6)45(50-10)24-23-38-15-13-17-41(29-38)34(3)19-20-35(4)46(12-2)53-43-25-27-52(28-26-43)47(31-39-21-22-39)54-48(7,8)9;1-2/h1,12-22,24,29-31,33-35,43,50H,6,23,25-28H2,2-5,7-10H3;1-2H3/b20-19?,36-33+,45-24+,46-12+,47-31-,51-44?;. The summed E-state index contributed by atoms with van der Waals surface area (Å²) >= 11 is 0. The number of hydrogen-bond acceptors (Lipinski definition) is 6. The van der Waals surface area contributed by atoms with Gasteiger partial charge in [-0.3, -0.25) is 0 Å². The van der Waals surface area contributed by atoms with Crippen molar-refractivity contribution in [3.05, 3.63) is 155 Å². The van der Waals surface area contributed by atoms with Crippen molar-refractivity contribution in [1.82, 2.24) is 10.2 Å². The lowest BCUT2D eigenvalue weighted by Crippen LogP contribution is -2.39. The SMILES string of the molecule is C#CC(=N/C=C(\C)c1cccc(C#N)c1)C(=C)/C(=C\Cc1cccc(C(C)C=CC(C)/C(=C\C)OC2CCN(/C(=C/C3=C[CH]3)OC(C)(C)C)CC2)c1)NC.CC. The summed E-state index contributed by atoms with van der Waals surface area (Å²) in [7, 11) is 1.86. The summed E-state index contributed by atoms with van der Waals surface area (Å²) in [5, 5.41) is 12.5. The zero-order chi connectivity index (χ0) is 41.3. The molecule has 2 atom stereocenters. The molecule has 1 saturated heterocycles. The number of nitriles is 1. The molecule has 1 aliphatic carbocycles. The second-order valence-corrected chi connectivity index (χ2v) is 14.9. The number of likely N-dealkylation sites (N-methyl/N-ethyl adjacent to an activating group) is 1. The minimum absolute atomic E-state index is 0.163. The van der Waals surface area contributed by atoms with Crippen molar-refractivity contribution in [2.45, 2.75) is 99.2 Å². The highest BCUT2D eigenvalue weighted by Crippen LogP contribution is 2.29. The summed E-state index contributed by atoms with van der Waals surface area (Å²) in [6, 6.07) is 18.3. The number of benzene rings is 2. The van der Waals surface area contributed by atoms with Crippen molar-refractivity contribution in [2.75, 3.05) is 20.1 Å². The average Bonchev–Trinajstić information content (AvgIpc) is 4.03. The lowest BCUT2D eigenvalue weighted by Gasteiger charge is -2.37. The number of likely N-dealkylation sites (tertiary alicyclic amines) is 1. The number of terminal acetylenes is 1. The predicted octanol–water partition coefficient (Wildman–Crippen LogP) is 11.4. The number of nitrogens with zero attached hydrogens (tertiary/aromatic N) is 3. The Balaban J connectivity index is 0.00000414. The fourth-order valence-corrected chi connectivity index (χ4v) is 6.15. The summed E-state index contributed by atoms with van der Waals surface area (Å²) in [6.45, 7) is 24.8. The van der Waals surface area contributed by atoms with Crippen LogP contribution in [-0.2, 0) is 15.9 Å². The number of aliphatic imine (C=N–C) groups is 1. The number of piperidine rings is 1. The summed E-state index contributed by atoms with van der Waals surface area (Å²) in [6.07, 6.45) is 25.5. The molecule has 6 nitrogen and oxygen atoms in total. The van der Waals surface area contributed by atoms with Gasteiger partial charge in [0.15, 0.2) is 5.88 Å². The Morgan fingerprint density at radius 3 is 2.41 bits per heavy atom. The van der Waals surface area contributed by atoms with Gasteiger partial charge in [0.2, 0.25) is 0 Å². The molecule has 0 amide bonds. The van der Waals surface area contributed by atoms with Gasteiger partial charge in [-0.05, 0) is 98.9 Å². The van der Waals surface area contributed by atoms with Crippen LogP contribution in [0.1, 0.15) is 103 Å². The number of rotatable bonds is 16. The molecular weight excluding hydrogens is 689 g/mol.